The molecule has 2 aliphatic rings. The number of piperidine rings is 2. The summed E-state index contributed by atoms with van der Waals surface area (Å²) >= 11 is 0. The number of anilines is 2. The van der Waals surface area contributed by atoms with Crippen molar-refractivity contribution in [1.29, 1.82) is 0 Å². The molecule has 7 aromatic rings. The SMILES string of the molecule is Cc1c2oc3cc4cc(N5CCCCC5C)ccc4cc3c2c(C)c2oc3cc4cc(N5CCCCC5C)ccc4cc3c12. The Morgan fingerprint density at radius 3 is 1.43 bits per heavy atom. The van der Waals surface area contributed by atoms with Gasteiger partial charge in [0, 0.05) is 69.2 Å². The quantitative estimate of drug-likeness (QED) is 0.204. The zero-order valence-corrected chi connectivity index (χ0v) is 26.3. The molecule has 0 N–H and O–H groups in total. The van der Waals surface area contributed by atoms with E-state index < -0.39 is 0 Å². The predicted octanol–water partition coefficient (Wildman–Crippen LogP) is 11.2. The maximum Gasteiger partial charge on any atom is 0.139 e. The zero-order valence-electron chi connectivity index (χ0n) is 26.3. The van der Waals surface area contributed by atoms with E-state index in [4.69, 9.17) is 8.83 Å². The van der Waals surface area contributed by atoms with Gasteiger partial charge in [0.15, 0.2) is 0 Å². The second-order valence-corrected chi connectivity index (χ2v) is 13.7. The van der Waals surface area contributed by atoms with Crippen molar-refractivity contribution in [3.8, 4) is 0 Å². The minimum atomic E-state index is 0.587. The van der Waals surface area contributed by atoms with Crippen LogP contribution in [0, 0.1) is 13.8 Å². The van der Waals surface area contributed by atoms with Crippen LogP contribution in [0.15, 0.2) is 69.5 Å². The van der Waals surface area contributed by atoms with Crippen molar-refractivity contribution < 1.29 is 8.83 Å². The van der Waals surface area contributed by atoms with E-state index in [0.717, 1.165) is 46.5 Å². The highest BCUT2D eigenvalue weighted by Crippen LogP contribution is 2.44. The summed E-state index contributed by atoms with van der Waals surface area (Å²) in [4.78, 5) is 5.14. The van der Waals surface area contributed by atoms with Gasteiger partial charge in [0.05, 0.1) is 0 Å². The van der Waals surface area contributed by atoms with Crippen molar-refractivity contribution >= 4 is 76.8 Å². The fraction of sp³-hybridized carbons (Fsp3) is 0.350. The summed E-state index contributed by atoms with van der Waals surface area (Å²) in [7, 11) is 0. The number of hydrogen-bond donors (Lipinski definition) is 0. The third kappa shape index (κ3) is 3.82. The molecule has 9 rings (SSSR count). The first-order valence-corrected chi connectivity index (χ1v) is 16.7. The lowest BCUT2D eigenvalue weighted by Crippen LogP contribution is -2.37. The molecule has 2 fully saturated rings. The fourth-order valence-corrected chi connectivity index (χ4v) is 8.48. The standard InChI is InChI=1S/C40H40N2O2/c1-23-9-5-7-15-41(23)31-13-11-27-19-33-35(21-29(27)17-31)43-39-26(4)38-34-20-28-12-14-32(42-16-8-6-10-24(42)2)18-30(28)22-36(34)44-40(38)25(3)37(33)39/h11-14,17-24H,5-10,15-16H2,1-4H3. The molecule has 4 heteroatoms. The van der Waals surface area contributed by atoms with E-state index in [-0.39, 0.29) is 0 Å². The van der Waals surface area contributed by atoms with E-state index in [1.807, 2.05) is 0 Å². The highest BCUT2D eigenvalue weighted by molar-refractivity contribution is 6.21. The van der Waals surface area contributed by atoms with Crippen LogP contribution in [0.3, 0.4) is 0 Å². The Morgan fingerprint density at radius 1 is 0.545 bits per heavy atom. The molecule has 2 aromatic heterocycles. The smallest absolute Gasteiger partial charge is 0.139 e. The Kier molecular flexibility index (Phi) is 5.76. The Morgan fingerprint density at radius 2 is 1.00 bits per heavy atom. The molecule has 2 atom stereocenters. The first-order chi connectivity index (χ1) is 21.4. The summed E-state index contributed by atoms with van der Waals surface area (Å²) in [5.41, 5.74) is 8.79. The van der Waals surface area contributed by atoms with Gasteiger partial charge in [-0.1, -0.05) is 12.1 Å². The lowest BCUT2D eigenvalue weighted by molar-refractivity contribution is 0.485. The zero-order chi connectivity index (χ0) is 29.7. The number of benzene rings is 5. The molecule has 0 spiro atoms. The highest BCUT2D eigenvalue weighted by Gasteiger charge is 2.24. The molecule has 0 bridgehead atoms. The van der Waals surface area contributed by atoms with E-state index >= 15 is 0 Å². The molecule has 0 aliphatic carbocycles. The van der Waals surface area contributed by atoms with Crippen molar-refractivity contribution in [2.24, 2.45) is 0 Å². The molecule has 5 aromatic carbocycles. The van der Waals surface area contributed by atoms with Crippen LogP contribution in [0.5, 0.6) is 0 Å². The van der Waals surface area contributed by atoms with E-state index in [1.54, 1.807) is 0 Å². The Balaban J connectivity index is 1.21. The van der Waals surface area contributed by atoms with Crippen LogP contribution in [0.25, 0.3) is 65.4 Å². The summed E-state index contributed by atoms with van der Waals surface area (Å²) in [6.45, 7) is 11.4. The van der Waals surface area contributed by atoms with Gasteiger partial charge in [-0.25, -0.2) is 0 Å². The van der Waals surface area contributed by atoms with Crippen LogP contribution in [0.1, 0.15) is 63.5 Å². The van der Waals surface area contributed by atoms with Crippen molar-refractivity contribution in [2.45, 2.75) is 78.3 Å². The van der Waals surface area contributed by atoms with E-state index in [2.05, 4.69) is 98.2 Å². The molecule has 222 valence electrons. The van der Waals surface area contributed by atoms with Crippen molar-refractivity contribution in [1.82, 2.24) is 0 Å². The molecule has 2 saturated heterocycles. The van der Waals surface area contributed by atoms with E-state index in [9.17, 15) is 0 Å². The van der Waals surface area contributed by atoms with Crippen LogP contribution in [0.2, 0.25) is 0 Å². The first-order valence-electron chi connectivity index (χ1n) is 16.7. The van der Waals surface area contributed by atoms with Crippen LogP contribution >= 0.6 is 0 Å². The van der Waals surface area contributed by atoms with Crippen molar-refractivity contribution in [3.63, 3.8) is 0 Å². The molecule has 0 saturated carbocycles. The van der Waals surface area contributed by atoms with E-state index in [0.29, 0.717) is 12.1 Å². The van der Waals surface area contributed by atoms with E-state index in [1.165, 1.54) is 93.0 Å². The molecular weight excluding hydrogens is 540 g/mol. The predicted molar refractivity (Wildman–Crippen MR) is 187 cm³/mol. The Hall–Kier alpha value is -4.18. The van der Waals surface area contributed by atoms with Crippen molar-refractivity contribution in [3.05, 3.63) is 71.8 Å². The third-order valence-electron chi connectivity index (χ3n) is 11.0. The minimum absolute atomic E-state index is 0.587. The number of furan rings is 2. The molecule has 4 heterocycles. The second kappa shape index (κ2) is 9.66. The molecule has 44 heavy (non-hydrogen) atoms. The normalized spacial score (nSPS) is 19.9. The van der Waals surface area contributed by atoms with Gasteiger partial charge >= 0.3 is 0 Å². The molecular formula is C40H40N2O2. The average molecular weight is 581 g/mol. The third-order valence-corrected chi connectivity index (χ3v) is 11.0. The molecule has 2 aliphatic heterocycles. The highest BCUT2D eigenvalue weighted by atomic mass is 16.3. The number of fused-ring (bicyclic) bond motifs is 8. The molecule has 4 nitrogen and oxygen atoms in total. The monoisotopic (exact) mass is 580 g/mol. The minimum Gasteiger partial charge on any atom is -0.456 e. The number of hydrogen-bond acceptors (Lipinski definition) is 4. The fourth-order valence-electron chi connectivity index (χ4n) is 8.48. The second-order valence-electron chi connectivity index (χ2n) is 13.7. The number of aryl methyl sites for hydroxylation is 2. The summed E-state index contributed by atoms with van der Waals surface area (Å²) in [5.74, 6) is 0. The molecule has 0 amide bonds. The first kappa shape index (κ1) is 26.2. The largest absolute Gasteiger partial charge is 0.456 e. The van der Waals surface area contributed by atoms with Gasteiger partial charge in [0.25, 0.3) is 0 Å². The van der Waals surface area contributed by atoms with Gasteiger partial charge in [-0.15, -0.1) is 0 Å². The van der Waals surface area contributed by atoms with Gasteiger partial charge in [0.2, 0.25) is 0 Å². The van der Waals surface area contributed by atoms with Gasteiger partial charge in [-0.3, -0.25) is 0 Å². The molecule has 0 radical (unpaired) electrons. The summed E-state index contributed by atoms with van der Waals surface area (Å²) in [6.07, 6.45) is 7.74. The summed E-state index contributed by atoms with van der Waals surface area (Å²) < 4.78 is 13.4. The maximum absolute atomic E-state index is 6.72. The van der Waals surface area contributed by atoms with Gasteiger partial charge in [-0.05, 0) is 136 Å². The van der Waals surface area contributed by atoms with Crippen molar-refractivity contribution in [2.75, 3.05) is 22.9 Å². The van der Waals surface area contributed by atoms with Crippen LogP contribution in [0.4, 0.5) is 11.4 Å². The van der Waals surface area contributed by atoms with Crippen LogP contribution in [-0.2, 0) is 0 Å². The number of nitrogens with zero attached hydrogens (tertiary/aromatic N) is 2. The average Bonchev–Trinajstić information content (AvgIpc) is 3.60. The van der Waals surface area contributed by atoms with Gasteiger partial charge in [0.1, 0.15) is 22.3 Å². The summed E-state index contributed by atoms with van der Waals surface area (Å²) in [6, 6.07) is 24.2. The lowest BCUT2D eigenvalue weighted by atomic mass is 9.96. The Bertz CT molecular complexity index is 2110. The summed E-state index contributed by atoms with van der Waals surface area (Å²) in [5, 5.41) is 9.65. The Labute approximate surface area is 258 Å². The number of rotatable bonds is 2. The molecule has 2 unspecified atom stereocenters. The van der Waals surface area contributed by atoms with Gasteiger partial charge < -0.3 is 18.6 Å². The topological polar surface area (TPSA) is 32.8 Å². The lowest BCUT2D eigenvalue weighted by Gasteiger charge is -2.35. The maximum atomic E-state index is 6.72. The van der Waals surface area contributed by atoms with Crippen LogP contribution in [-0.4, -0.2) is 25.2 Å². The van der Waals surface area contributed by atoms with Crippen LogP contribution < -0.4 is 9.80 Å². The van der Waals surface area contributed by atoms with Gasteiger partial charge in [-0.2, -0.15) is 0 Å².